The number of aliphatic hydroxyl groups excluding tert-OH is 1. The Morgan fingerprint density at radius 3 is 2.57 bits per heavy atom. The quantitative estimate of drug-likeness (QED) is 0.656. The molecule has 1 heterocycles. The molecular formula is C18H21NO4. The fourth-order valence-electron chi connectivity index (χ4n) is 2.38. The number of aliphatic hydroxyl groups is 1. The van der Waals surface area contributed by atoms with E-state index in [2.05, 4.69) is 4.98 Å². The molecule has 0 aliphatic carbocycles. The number of hydrogen-bond donors (Lipinski definition) is 1. The fourth-order valence-corrected chi connectivity index (χ4v) is 2.38. The van der Waals surface area contributed by atoms with Gasteiger partial charge in [0.1, 0.15) is 13.2 Å². The Labute approximate surface area is 135 Å². The molecule has 0 bridgehead atoms. The van der Waals surface area contributed by atoms with Gasteiger partial charge in [-0.25, -0.2) is 4.98 Å². The van der Waals surface area contributed by atoms with Crippen molar-refractivity contribution in [3.63, 3.8) is 0 Å². The van der Waals surface area contributed by atoms with E-state index in [0.717, 1.165) is 27.9 Å². The number of ether oxygens (including phenoxy) is 2. The Kier molecular flexibility index (Phi) is 5.71. The molecule has 0 spiro atoms. The van der Waals surface area contributed by atoms with Gasteiger partial charge in [0.2, 0.25) is 5.88 Å². The third-order valence-electron chi connectivity index (χ3n) is 3.61. The Bertz CT molecular complexity index is 697. The number of esters is 1. The van der Waals surface area contributed by atoms with E-state index in [1.807, 2.05) is 38.1 Å². The van der Waals surface area contributed by atoms with Crippen LogP contribution >= 0.6 is 0 Å². The van der Waals surface area contributed by atoms with Gasteiger partial charge in [-0.05, 0) is 36.6 Å². The zero-order valence-electron chi connectivity index (χ0n) is 13.6. The summed E-state index contributed by atoms with van der Waals surface area (Å²) in [7, 11) is 0. The lowest BCUT2D eigenvalue weighted by atomic mass is 9.96. The van der Waals surface area contributed by atoms with Gasteiger partial charge in [0.15, 0.2) is 0 Å². The molecule has 0 aliphatic rings. The van der Waals surface area contributed by atoms with Crippen molar-refractivity contribution in [2.75, 3.05) is 13.2 Å². The van der Waals surface area contributed by atoms with Crippen LogP contribution in [0.4, 0.5) is 0 Å². The maximum Gasteiger partial charge on any atom is 0.302 e. The number of hydrogen-bond acceptors (Lipinski definition) is 5. The first-order valence-electron chi connectivity index (χ1n) is 7.46. The highest BCUT2D eigenvalue weighted by molar-refractivity contribution is 5.70. The van der Waals surface area contributed by atoms with Crippen LogP contribution in [-0.4, -0.2) is 29.3 Å². The molecule has 0 unspecified atom stereocenters. The van der Waals surface area contributed by atoms with E-state index in [1.165, 1.54) is 6.92 Å². The van der Waals surface area contributed by atoms with Crippen LogP contribution in [0.2, 0.25) is 0 Å². The number of benzene rings is 1. The second-order valence-corrected chi connectivity index (χ2v) is 5.22. The summed E-state index contributed by atoms with van der Waals surface area (Å²) >= 11 is 0. The van der Waals surface area contributed by atoms with Crippen molar-refractivity contribution < 1.29 is 19.4 Å². The normalized spacial score (nSPS) is 10.4. The van der Waals surface area contributed by atoms with E-state index in [1.54, 1.807) is 6.07 Å². The van der Waals surface area contributed by atoms with Crippen molar-refractivity contribution in [1.29, 1.82) is 0 Å². The minimum absolute atomic E-state index is 0.0174. The highest BCUT2D eigenvalue weighted by atomic mass is 16.6. The summed E-state index contributed by atoms with van der Waals surface area (Å²) in [6.07, 6.45) is 0. The molecule has 122 valence electrons. The molecule has 0 amide bonds. The second-order valence-electron chi connectivity index (χ2n) is 5.22. The van der Waals surface area contributed by atoms with Gasteiger partial charge >= 0.3 is 5.97 Å². The summed E-state index contributed by atoms with van der Waals surface area (Å²) in [6.45, 7) is 5.76. The summed E-state index contributed by atoms with van der Waals surface area (Å²) in [4.78, 5) is 15.1. The first-order chi connectivity index (χ1) is 11.0. The Hall–Kier alpha value is -2.40. The minimum atomic E-state index is -0.327. The summed E-state index contributed by atoms with van der Waals surface area (Å²) in [6, 6.07) is 9.60. The Morgan fingerprint density at radius 2 is 1.91 bits per heavy atom. The number of aromatic nitrogens is 1. The number of nitrogens with zero attached hydrogens (tertiary/aromatic N) is 1. The summed E-state index contributed by atoms with van der Waals surface area (Å²) in [5.74, 6) is 0.168. The van der Waals surface area contributed by atoms with Crippen molar-refractivity contribution in [3.8, 4) is 17.0 Å². The third kappa shape index (κ3) is 4.29. The lowest BCUT2D eigenvalue weighted by molar-refractivity contribution is -0.141. The number of carbonyl (C=O) groups is 1. The third-order valence-corrected chi connectivity index (χ3v) is 3.61. The second kappa shape index (κ2) is 7.74. The number of pyridine rings is 1. The van der Waals surface area contributed by atoms with Crippen molar-refractivity contribution in [2.45, 2.75) is 27.4 Å². The van der Waals surface area contributed by atoms with E-state index >= 15 is 0 Å². The van der Waals surface area contributed by atoms with Crippen LogP contribution in [0.5, 0.6) is 5.88 Å². The van der Waals surface area contributed by atoms with E-state index in [0.29, 0.717) is 5.88 Å². The molecule has 0 saturated carbocycles. The van der Waals surface area contributed by atoms with E-state index in [4.69, 9.17) is 9.47 Å². The summed E-state index contributed by atoms with van der Waals surface area (Å²) < 4.78 is 10.3. The first-order valence-corrected chi connectivity index (χ1v) is 7.46. The average molecular weight is 315 g/mol. The largest absolute Gasteiger partial charge is 0.474 e. The fraction of sp³-hybridized carbons (Fsp3) is 0.333. The monoisotopic (exact) mass is 315 g/mol. The Morgan fingerprint density at radius 1 is 1.13 bits per heavy atom. The van der Waals surface area contributed by atoms with Crippen LogP contribution in [0.15, 0.2) is 30.3 Å². The molecule has 23 heavy (non-hydrogen) atoms. The molecule has 5 nitrogen and oxygen atoms in total. The van der Waals surface area contributed by atoms with Crippen LogP contribution in [0, 0.1) is 13.8 Å². The maximum absolute atomic E-state index is 10.7. The van der Waals surface area contributed by atoms with Crippen molar-refractivity contribution >= 4 is 5.97 Å². The van der Waals surface area contributed by atoms with Crippen LogP contribution < -0.4 is 4.74 Å². The molecule has 0 aliphatic heterocycles. The summed E-state index contributed by atoms with van der Waals surface area (Å²) in [5.41, 5.74) is 4.85. The molecule has 0 saturated heterocycles. The number of aryl methyl sites for hydroxylation is 1. The summed E-state index contributed by atoms with van der Waals surface area (Å²) in [5, 5.41) is 9.39. The highest BCUT2D eigenvalue weighted by Gasteiger charge is 2.10. The molecule has 2 rings (SSSR count). The van der Waals surface area contributed by atoms with Gasteiger partial charge in [-0.3, -0.25) is 4.79 Å². The van der Waals surface area contributed by atoms with Gasteiger partial charge in [0, 0.05) is 24.2 Å². The molecule has 2 aromatic rings. The van der Waals surface area contributed by atoms with Gasteiger partial charge in [-0.1, -0.05) is 18.2 Å². The highest BCUT2D eigenvalue weighted by Crippen LogP contribution is 2.29. The molecule has 0 atom stereocenters. The first kappa shape index (κ1) is 17.0. The zero-order chi connectivity index (χ0) is 16.8. The van der Waals surface area contributed by atoms with Crippen LogP contribution in [0.3, 0.4) is 0 Å². The van der Waals surface area contributed by atoms with Gasteiger partial charge in [0.05, 0.1) is 6.61 Å². The molecule has 0 radical (unpaired) electrons. The van der Waals surface area contributed by atoms with E-state index < -0.39 is 0 Å². The van der Waals surface area contributed by atoms with E-state index in [9.17, 15) is 9.90 Å². The van der Waals surface area contributed by atoms with Crippen molar-refractivity contribution in [3.05, 3.63) is 47.2 Å². The number of rotatable bonds is 6. The van der Waals surface area contributed by atoms with Gasteiger partial charge < -0.3 is 14.6 Å². The van der Waals surface area contributed by atoms with Crippen molar-refractivity contribution in [1.82, 2.24) is 4.98 Å². The van der Waals surface area contributed by atoms with Crippen LogP contribution in [-0.2, 0) is 16.1 Å². The molecular weight excluding hydrogens is 294 g/mol. The zero-order valence-corrected chi connectivity index (χ0v) is 13.6. The van der Waals surface area contributed by atoms with Crippen molar-refractivity contribution in [2.24, 2.45) is 0 Å². The lowest BCUT2D eigenvalue weighted by Gasteiger charge is -2.13. The van der Waals surface area contributed by atoms with Gasteiger partial charge in [-0.15, -0.1) is 0 Å². The maximum atomic E-state index is 10.7. The molecule has 0 fully saturated rings. The van der Waals surface area contributed by atoms with Gasteiger partial charge in [-0.2, -0.15) is 0 Å². The predicted molar refractivity (Wildman–Crippen MR) is 87.2 cm³/mol. The van der Waals surface area contributed by atoms with Gasteiger partial charge in [0.25, 0.3) is 0 Å². The topological polar surface area (TPSA) is 68.7 Å². The standard InChI is InChI=1S/C18H21NO4/c1-12-15(11-20)5-4-6-16(12)17-7-8-18(19-13(17)2)23-10-9-22-14(3)21/h4-8,20H,9-11H2,1-3H3. The smallest absolute Gasteiger partial charge is 0.302 e. The predicted octanol–water partition coefficient (Wildman–Crippen LogP) is 2.80. The number of carbonyl (C=O) groups excluding carboxylic acids is 1. The Balaban J connectivity index is 2.15. The molecule has 1 aromatic carbocycles. The molecule has 1 N–H and O–H groups in total. The minimum Gasteiger partial charge on any atom is -0.474 e. The van der Waals surface area contributed by atoms with Crippen LogP contribution in [0.1, 0.15) is 23.7 Å². The molecule has 5 heteroatoms. The van der Waals surface area contributed by atoms with Crippen LogP contribution in [0.25, 0.3) is 11.1 Å². The lowest BCUT2D eigenvalue weighted by Crippen LogP contribution is -2.10. The SMILES string of the molecule is CC(=O)OCCOc1ccc(-c2cccc(CO)c2C)c(C)n1. The van der Waals surface area contributed by atoms with E-state index in [-0.39, 0.29) is 25.8 Å². The molecule has 1 aromatic heterocycles. The average Bonchev–Trinajstić information content (AvgIpc) is 2.52.